The third-order valence-corrected chi connectivity index (χ3v) is 1.51. The Morgan fingerprint density at radius 1 is 1.00 bits per heavy atom. The zero-order chi connectivity index (χ0) is 9.23. The van der Waals surface area contributed by atoms with Gasteiger partial charge in [0.15, 0.2) is 0 Å². The zero-order valence-electron chi connectivity index (χ0n) is 11.2. The SMILES string of the molecule is CCCN=C(CCC)[N-]CCC.[CH3-].[CH3-].[Y]. The van der Waals surface area contributed by atoms with Crippen molar-refractivity contribution < 1.29 is 32.7 Å². The van der Waals surface area contributed by atoms with E-state index in [-0.39, 0.29) is 47.6 Å². The summed E-state index contributed by atoms with van der Waals surface area (Å²) in [4.78, 5) is 4.42. The third kappa shape index (κ3) is 17.2. The Morgan fingerprint density at radius 2 is 1.60 bits per heavy atom. The van der Waals surface area contributed by atoms with Crippen molar-refractivity contribution in [3.8, 4) is 0 Å². The number of hydrogen-bond donors (Lipinski definition) is 0. The molecule has 0 aliphatic rings. The molecule has 0 aliphatic carbocycles. The van der Waals surface area contributed by atoms with E-state index in [0.29, 0.717) is 0 Å². The summed E-state index contributed by atoms with van der Waals surface area (Å²) in [6.07, 6.45) is 4.43. The molecular weight excluding hydrogens is 261 g/mol. The van der Waals surface area contributed by atoms with Gasteiger partial charge in [0.05, 0.1) is 0 Å². The summed E-state index contributed by atoms with van der Waals surface area (Å²) in [6.45, 7) is 8.33. The molecule has 15 heavy (non-hydrogen) atoms. The second-order valence-corrected chi connectivity index (χ2v) is 2.93. The van der Waals surface area contributed by atoms with Gasteiger partial charge in [-0.3, -0.25) is 0 Å². The monoisotopic (exact) mass is 288 g/mol. The van der Waals surface area contributed by atoms with E-state index < -0.39 is 0 Å². The van der Waals surface area contributed by atoms with Crippen LogP contribution < -0.4 is 0 Å². The fourth-order valence-corrected chi connectivity index (χ4v) is 0.913. The molecule has 0 N–H and O–H groups in total. The standard InChI is InChI=1S/C10H21N2.2CH3.Y/c1-4-7-10(11-8-5-2)12-9-6-3;;;/h4-9H2,1-3H3;2*1H3;/q3*-1;. The van der Waals surface area contributed by atoms with Gasteiger partial charge in [-0.15, -0.1) is 0 Å². The van der Waals surface area contributed by atoms with Crippen LogP contribution in [0.2, 0.25) is 0 Å². The largest absolute Gasteiger partial charge is 0.469 e. The summed E-state index contributed by atoms with van der Waals surface area (Å²) in [6, 6.07) is 0. The van der Waals surface area contributed by atoms with E-state index in [1.54, 1.807) is 0 Å². The topological polar surface area (TPSA) is 26.5 Å². The molecule has 0 saturated heterocycles. The Labute approximate surface area is 123 Å². The molecule has 91 valence electrons. The molecule has 0 aromatic carbocycles. The van der Waals surface area contributed by atoms with Gasteiger partial charge in [0.1, 0.15) is 0 Å². The van der Waals surface area contributed by atoms with E-state index in [0.717, 1.165) is 44.6 Å². The van der Waals surface area contributed by atoms with Crippen LogP contribution in [0.5, 0.6) is 0 Å². The second-order valence-electron chi connectivity index (χ2n) is 2.93. The van der Waals surface area contributed by atoms with Crippen LogP contribution in [-0.4, -0.2) is 18.9 Å². The quantitative estimate of drug-likeness (QED) is 0.396. The Hall–Kier alpha value is 0.574. The van der Waals surface area contributed by atoms with Crippen LogP contribution in [0.25, 0.3) is 5.32 Å². The summed E-state index contributed by atoms with van der Waals surface area (Å²) >= 11 is 0. The zero-order valence-corrected chi connectivity index (χ0v) is 14.1. The van der Waals surface area contributed by atoms with E-state index >= 15 is 0 Å². The van der Waals surface area contributed by atoms with Crippen molar-refractivity contribution in [3.05, 3.63) is 20.2 Å². The molecule has 0 fully saturated rings. The molecule has 0 heterocycles. The molecule has 0 unspecified atom stereocenters. The van der Waals surface area contributed by atoms with E-state index in [9.17, 15) is 0 Å². The average molecular weight is 288 g/mol. The third-order valence-electron chi connectivity index (χ3n) is 1.51. The number of amidine groups is 1. The first-order valence-corrected chi connectivity index (χ1v) is 5.05. The molecule has 2 nitrogen and oxygen atoms in total. The van der Waals surface area contributed by atoms with Crippen molar-refractivity contribution >= 4 is 5.84 Å². The van der Waals surface area contributed by atoms with Crippen LogP contribution in [-0.2, 0) is 32.7 Å². The number of nitrogens with zero attached hydrogens (tertiary/aromatic N) is 2. The van der Waals surface area contributed by atoms with Crippen molar-refractivity contribution in [2.45, 2.75) is 46.5 Å². The van der Waals surface area contributed by atoms with Crippen LogP contribution in [0.1, 0.15) is 46.5 Å². The van der Waals surface area contributed by atoms with Gasteiger partial charge < -0.3 is 25.2 Å². The minimum absolute atomic E-state index is 0. The number of aliphatic imine (C=N–C) groups is 1. The van der Waals surface area contributed by atoms with Gasteiger partial charge in [-0.25, -0.2) is 0 Å². The van der Waals surface area contributed by atoms with Gasteiger partial charge >= 0.3 is 0 Å². The Morgan fingerprint density at radius 3 is 2.00 bits per heavy atom. The summed E-state index contributed by atoms with van der Waals surface area (Å²) in [7, 11) is 0. The van der Waals surface area contributed by atoms with Gasteiger partial charge in [-0.2, -0.15) is 0 Å². The molecule has 1 radical (unpaired) electrons. The summed E-state index contributed by atoms with van der Waals surface area (Å²) in [5.74, 6) is 1.07. The maximum Gasteiger partial charge on any atom is 0 e. The Bertz CT molecular complexity index is 125. The Kier molecular flexibility index (Phi) is 33.0. The molecule has 0 saturated carbocycles. The van der Waals surface area contributed by atoms with Crippen molar-refractivity contribution in [3.63, 3.8) is 0 Å². The Balaban J connectivity index is -0.000000202. The molecule has 0 spiro atoms. The summed E-state index contributed by atoms with van der Waals surface area (Å²) in [5.41, 5.74) is 0. The van der Waals surface area contributed by atoms with Gasteiger partial charge in [0.25, 0.3) is 0 Å². The molecule has 0 rings (SSSR count). The van der Waals surface area contributed by atoms with E-state index in [1.165, 1.54) is 0 Å². The second kappa shape index (κ2) is 20.0. The van der Waals surface area contributed by atoms with Gasteiger partial charge in [-0.1, -0.05) is 59.0 Å². The minimum atomic E-state index is 0. The first kappa shape index (κ1) is 24.7. The van der Waals surface area contributed by atoms with Crippen molar-refractivity contribution in [1.29, 1.82) is 0 Å². The normalized spacial score (nSPS) is 9.40. The summed E-state index contributed by atoms with van der Waals surface area (Å²) < 4.78 is 0. The van der Waals surface area contributed by atoms with E-state index in [1.807, 2.05) is 0 Å². The van der Waals surface area contributed by atoms with E-state index in [4.69, 9.17) is 0 Å². The van der Waals surface area contributed by atoms with Crippen LogP contribution in [0.15, 0.2) is 4.99 Å². The van der Waals surface area contributed by atoms with Crippen LogP contribution >= 0.6 is 0 Å². The molecule has 0 bridgehead atoms. The molecule has 0 aromatic heterocycles. The van der Waals surface area contributed by atoms with E-state index in [2.05, 4.69) is 31.1 Å². The molecular formula is C12H27N2Y-3. The van der Waals surface area contributed by atoms with Crippen LogP contribution in [0, 0.1) is 14.9 Å². The molecule has 0 aliphatic heterocycles. The number of rotatable bonds is 6. The first-order chi connectivity index (χ1) is 5.85. The maximum absolute atomic E-state index is 4.42. The fourth-order valence-electron chi connectivity index (χ4n) is 0.913. The molecule has 0 atom stereocenters. The van der Waals surface area contributed by atoms with Gasteiger partial charge in [0.2, 0.25) is 0 Å². The predicted octanol–water partition coefficient (Wildman–Crippen LogP) is 4.28. The van der Waals surface area contributed by atoms with Gasteiger partial charge in [-0.05, 0) is 6.42 Å². The first-order valence-electron chi connectivity index (χ1n) is 5.05. The molecule has 3 heteroatoms. The average Bonchev–Trinajstić information content (AvgIpc) is 2.10. The minimum Gasteiger partial charge on any atom is -0.469 e. The van der Waals surface area contributed by atoms with Crippen molar-refractivity contribution in [2.75, 3.05) is 13.1 Å². The fraction of sp³-hybridized carbons (Fsp3) is 0.750. The molecule has 0 aromatic rings. The van der Waals surface area contributed by atoms with Crippen LogP contribution in [0.4, 0.5) is 0 Å². The summed E-state index contributed by atoms with van der Waals surface area (Å²) in [5, 5.41) is 4.42. The van der Waals surface area contributed by atoms with Crippen molar-refractivity contribution in [2.24, 2.45) is 4.99 Å². The smallest absolute Gasteiger partial charge is 0 e. The van der Waals surface area contributed by atoms with Crippen molar-refractivity contribution in [1.82, 2.24) is 0 Å². The van der Waals surface area contributed by atoms with Gasteiger partial charge in [0, 0.05) is 32.7 Å². The van der Waals surface area contributed by atoms with Crippen LogP contribution in [0.3, 0.4) is 0 Å². The maximum atomic E-state index is 4.42. The molecule has 0 amide bonds. The predicted molar refractivity (Wildman–Crippen MR) is 68.8 cm³/mol. The number of hydrogen-bond acceptors (Lipinski definition) is 1.